The summed E-state index contributed by atoms with van der Waals surface area (Å²) in [7, 11) is 0. The van der Waals surface area contributed by atoms with E-state index in [1.54, 1.807) is 0 Å². The molecule has 1 aromatic carbocycles. The van der Waals surface area contributed by atoms with Crippen molar-refractivity contribution in [2.75, 3.05) is 5.75 Å². The van der Waals surface area contributed by atoms with E-state index in [9.17, 15) is 0 Å². The molecule has 0 saturated heterocycles. The minimum atomic E-state index is -2.63. The molecule has 0 amide bonds. The van der Waals surface area contributed by atoms with Gasteiger partial charge in [0.2, 0.25) is 0 Å². The van der Waals surface area contributed by atoms with Crippen molar-refractivity contribution in [2.24, 2.45) is 0 Å². The van der Waals surface area contributed by atoms with Gasteiger partial charge >= 0.3 is 6.00 Å². The van der Waals surface area contributed by atoms with E-state index in [0.29, 0.717) is 5.75 Å². The Morgan fingerprint density at radius 1 is 1.14 bits per heavy atom. The summed E-state index contributed by atoms with van der Waals surface area (Å²) >= 11 is 22.1. The molecule has 0 fully saturated rings. The molecule has 0 bridgehead atoms. The zero-order chi connectivity index (χ0) is 10.6. The molecule has 0 heterocycles. The Balaban J connectivity index is 2.67. The van der Waals surface area contributed by atoms with Crippen molar-refractivity contribution >= 4 is 51.9 Å². The summed E-state index contributed by atoms with van der Waals surface area (Å²) in [6.45, 7) is 0. The van der Waals surface area contributed by atoms with E-state index in [4.69, 9.17) is 33.2 Å². The molecule has 1 atom stereocenters. The Labute approximate surface area is 105 Å². The number of rotatable bonds is 4. The number of thiol groups is 1. The Bertz CT molecular complexity index is 273. The molecule has 0 nitrogen and oxygen atoms in total. The highest BCUT2D eigenvalue weighted by Crippen LogP contribution is 2.37. The number of halogens is 3. The molecule has 1 rings (SSSR count). The van der Waals surface area contributed by atoms with Crippen molar-refractivity contribution in [1.82, 2.24) is 0 Å². The van der Waals surface area contributed by atoms with Crippen LogP contribution in [0.1, 0.15) is 5.56 Å². The summed E-state index contributed by atoms with van der Waals surface area (Å²) in [5.41, 5.74) is 1.28. The third-order valence-electron chi connectivity index (χ3n) is 2.01. The van der Waals surface area contributed by atoms with Crippen LogP contribution in [0.25, 0.3) is 0 Å². The van der Waals surface area contributed by atoms with Gasteiger partial charge in [0.05, 0.1) is 0 Å². The Hall–Kier alpha value is 0.657. The van der Waals surface area contributed by atoms with E-state index in [1.165, 1.54) is 5.56 Å². The summed E-state index contributed by atoms with van der Waals surface area (Å²) in [6, 6.07) is 7.42. The van der Waals surface area contributed by atoms with Crippen LogP contribution >= 0.6 is 45.9 Å². The summed E-state index contributed by atoms with van der Waals surface area (Å²) in [5.74, 6) is 0.623. The third kappa shape index (κ3) is 4.03. The van der Waals surface area contributed by atoms with E-state index in [0.717, 1.165) is 6.42 Å². The van der Waals surface area contributed by atoms with Crippen LogP contribution in [0.4, 0.5) is 0 Å². The third-order valence-corrected chi connectivity index (χ3v) is 6.90. The summed E-state index contributed by atoms with van der Waals surface area (Å²) in [4.78, 5) is 0. The highest BCUT2D eigenvalue weighted by Gasteiger charge is 2.35. The second kappa shape index (κ2) is 5.66. The van der Waals surface area contributed by atoms with Crippen molar-refractivity contribution in [2.45, 2.75) is 12.0 Å². The maximum absolute atomic E-state index is 5.97. The van der Waals surface area contributed by atoms with Crippen LogP contribution in [0.2, 0.25) is 5.54 Å². The first-order valence-corrected chi connectivity index (χ1v) is 10.00. The van der Waals surface area contributed by atoms with Gasteiger partial charge in [0.25, 0.3) is 0 Å². The van der Waals surface area contributed by atoms with Gasteiger partial charge in [-0.25, -0.2) is 0 Å². The maximum atomic E-state index is 5.97. The summed E-state index contributed by atoms with van der Waals surface area (Å²) < 4.78 is 0. The summed E-state index contributed by atoms with van der Waals surface area (Å²) in [5, 5.41) is 0. The molecule has 0 aliphatic heterocycles. The van der Waals surface area contributed by atoms with E-state index < -0.39 is 6.00 Å². The lowest BCUT2D eigenvalue weighted by molar-refractivity contribution is 0.919. The predicted molar refractivity (Wildman–Crippen MR) is 71.1 cm³/mol. The van der Waals surface area contributed by atoms with E-state index in [2.05, 4.69) is 12.6 Å². The average molecular weight is 286 g/mol. The molecule has 0 aromatic heterocycles. The van der Waals surface area contributed by atoms with Crippen molar-refractivity contribution in [1.29, 1.82) is 0 Å². The second-order valence-corrected chi connectivity index (χ2v) is 12.5. The van der Waals surface area contributed by atoms with Gasteiger partial charge in [0, 0.05) is 5.54 Å². The fourth-order valence-corrected chi connectivity index (χ4v) is 5.16. The lowest BCUT2D eigenvalue weighted by atomic mass is 10.1. The molecule has 14 heavy (non-hydrogen) atoms. The van der Waals surface area contributed by atoms with Crippen molar-refractivity contribution < 1.29 is 0 Å². The Morgan fingerprint density at radius 2 is 1.71 bits per heavy atom. The lowest BCUT2D eigenvalue weighted by Crippen LogP contribution is -2.23. The van der Waals surface area contributed by atoms with E-state index >= 15 is 0 Å². The molecule has 0 spiro atoms. The highest BCUT2D eigenvalue weighted by atomic mass is 35.8. The molecule has 0 aliphatic carbocycles. The Kier molecular flexibility index (Phi) is 5.15. The predicted octanol–water partition coefficient (Wildman–Crippen LogP) is 4.18. The number of benzene rings is 1. The second-order valence-electron chi connectivity index (χ2n) is 3.11. The van der Waals surface area contributed by atoms with Crippen LogP contribution in [-0.4, -0.2) is 11.8 Å². The molecule has 0 aliphatic rings. The van der Waals surface area contributed by atoms with Crippen LogP contribution in [0.3, 0.4) is 0 Å². The van der Waals surface area contributed by atoms with Crippen LogP contribution in [-0.2, 0) is 6.42 Å². The van der Waals surface area contributed by atoms with Gasteiger partial charge in [0.15, 0.2) is 0 Å². The molecule has 0 N–H and O–H groups in total. The minimum Gasteiger partial charge on any atom is -0.179 e. The largest absolute Gasteiger partial charge is 0.345 e. The first-order chi connectivity index (χ1) is 6.54. The normalized spacial score (nSPS) is 14.0. The maximum Gasteiger partial charge on any atom is 0.345 e. The van der Waals surface area contributed by atoms with Crippen molar-refractivity contribution in [3.8, 4) is 0 Å². The first kappa shape index (κ1) is 12.7. The van der Waals surface area contributed by atoms with Crippen LogP contribution < -0.4 is 0 Å². The van der Waals surface area contributed by atoms with Crippen molar-refractivity contribution in [3.63, 3.8) is 0 Å². The monoisotopic (exact) mass is 284 g/mol. The lowest BCUT2D eigenvalue weighted by Gasteiger charge is -2.19. The molecule has 1 aromatic rings. The van der Waals surface area contributed by atoms with Gasteiger partial charge in [-0.05, 0) is 17.7 Å². The van der Waals surface area contributed by atoms with Crippen LogP contribution in [0, 0.1) is 0 Å². The van der Waals surface area contributed by atoms with Gasteiger partial charge in [-0.2, -0.15) is 12.6 Å². The van der Waals surface area contributed by atoms with Gasteiger partial charge < -0.3 is 0 Å². The van der Waals surface area contributed by atoms with Gasteiger partial charge in [-0.1, -0.05) is 30.3 Å². The van der Waals surface area contributed by atoms with E-state index in [1.807, 2.05) is 30.3 Å². The zero-order valence-corrected chi connectivity index (χ0v) is 11.6. The fourth-order valence-electron chi connectivity index (χ4n) is 1.18. The smallest absolute Gasteiger partial charge is 0.179 e. The topological polar surface area (TPSA) is 0 Å². The minimum absolute atomic E-state index is 0.0817. The number of hydrogen-bond donors (Lipinski definition) is 1. The summed E-state index contributed by atoms with van der Waals surface area (Å²) in [6.07, 6.45) is 0.799. The fraction of sp³-hybridized carbons (Fsp3) is 0.333. The van der Waals surface area contributed by atoms with Crippen molar-refractivity contribution in [3.05, 3.63) is 35.9 Å². The number of hydrogen-bond acceptors (Lipinski definition) is 1. The molecule has 78 valence electrons. The molecular formula is C9H11Cl3SSi. The SMILES string of the molecule is SCC(Cc1ccccc1)[Si](Cl)(Cl)Cl. The van der Waals surface area contributed by atoms with E-state index in [-0.39, 0.29) is 5.54 Å². The Morgan fingerprint density at radius 3 is 2.14 bits per heavy atom. The highest BCUT2D eigenvalue weighted by molar-refractivity contribution is 7.80. The van der Waals surface area contributed by atoms with Crippen LogP contribution in [0.15, 0.2) is 30.3 Å². The van der Waals surface area contributed by atoms with Gasteiger partial charge in [-0.3, -0.25) is 0 Å². The molecule has 0 saturated carbocycles. The van der Waals surface area contributed by atoms with Gasteiger partial charge in [0.1, 0.15) is 0 Å². The van der Waals surface area contributed by atoms with Gasteiger partial charge in [-0.15, -0.1) is 33.2 Å². The molecule has 0 radical (unpaired) electrons. The van der Waals surface area contributed by atoms with Crippen LogP contribution in [0.5, 0.6) is 0 Å². The molecule has 5 heteroatoms. The molecule has 1 unspecified atom stereocenters. The quantitative estimate of drug-likeness (QED) is 0.479. The average Bonchev–Trinajstić information content (AvgIpc) is 2.14. The molecular weight excluding hydrogens is 275 g/mol. The first-order valence-electron chi connectivity index (χ1n) is 4.25. The zero-order valence-electron chi connectivity index (χ0n) is 7.46. The standard InChI is InChI=1S/C9H11Cl3SSi/c10-14(11,12)9(7-13)6-8-4-2-1-3-5-8/h1-5,9,13H,6-7H2.